The summed E-state index contributed by atoms with van der Waals surface area (Å²) in [7, 11) is 0. The minimum atomic E-state index is 0.758. The van der Waals surface area contributed by atoms with Crippen LogP contribution in [0.2, 0.25) is 0 Å². The molecule has 0 atom stereocenters. The van der Waals surface area contributed by atoms with Gasteiger partial charge in [-0.15, -0.1) is 0 Å². The fourth-order valence-corrected chi connectivity index (χ4v) is 3.09. The van der Waals surface area contributed by atoms with Gasteiger partial charge in [0.05, 0.1) is 11.0 Å². The van der Waals surface area contributed by atoms with Gasteiger partial charge in [0.2, 0.25) is 0 Å². The molecule has 0 spiro atoms. The maximum Gasteiger partial charge on any atom is 0.141 e. The summed E-state index contributed by atoms with van der Waals surface area (Å²) in [5, 5.41) is 0. The van der Waals surface area contributed by atoms with Crippen LogP contribution in [0.25, 0.3) is 22.4 Å². The van der Waals surface area contributed by atoms with Crippen LogP contribution in [-0.4, -0.2) is 9.55 Å². The number of nitrogens with two attached hydrogens (primary N) is 1. The summed E-state index contributed by atoms with van der Waals surface area (Å²) in [5.74, 6) is 0.972. The Morgan fingerprint density at radius 1 is 0.833 bits per heavy atom. The molecular formula is C21H19N3. The molecule has 0 saturated carbocycles. The molecular weight excluding hydrogens is 294 g/mol. The first-order chi connectivity index (χ1) is 11.8. The summed E-state index contributed by atoms with van der Waals surface area (Å²) in [6.45, 7) is 0.884. The standard InChI is InChI=1S/C21H19N3/c22-18-10-6-9-17(15-18)21-23-19-11-4-5-12-20(19)24(21)14-13-16-7-2-1-3-8-16/h1-12,15H,13-14,22H2. The molecule has 0 unspecified atom stereocenters. The van der Waals surface area contributed by atoms with Crippen LogP contribution < -0.4 is 5.73 Å². The molecule has 3 heteroatoms. The van der Waals surface area contributed by atoms with Crippen LogP contribution in [0.15, 0.2) is 78.9 Å². The molecule has 118 valence electrons. The molecule has 4 rings (SSSR count). The molecule has 0 bridgehead atoms. The van der Waals surface area contributed by atoms with Gasteiger partial charge < -0.3 is 10.3 Å². The monoisotopic (exact) mass is 313 g/mol. The summed E-state index contributed by atoms with van der Waals surface area (Å²) < 4.78 is 2.29. The van der Waals surface area contributed by atoms with Crippen molar-refractivity contribution >= 4 is 16.7 Å². The van der Waals surface area contributed by atoms with E-state index in [0.717, 1.165) is 41.1 Å². The zero-order valence-electron chi connectivity index (χ0n) is 13.4. The summed E-state index contributed by atoms with van der Waals surface area (Å²) in [6.07, 6.45) is 0.969. The van der Waals surface area contributed by atoms with Gasteiger partial charge in [-0.3, -0.25) is 0 Å². The Labute approximate surface area is 141 Å². The third-order valence-electron chi connectivity index (χ3n) is 4.27. The van der Waals surface area contributed by atoms with E-state index >= 15 is 0 Å². The maximum atomic E-state index is 5.97. The van der Waals surface area contributed by atoms with Crippen molar-refractivity contribution in [1.82, 2.24) is 9.55 Å². The van der Waals surface area contributed by atoms with Crippen LogP contribution >= 0.6 is 0 Å². The van der Waals surface area contributed by atoms with Crippen molar-refractivity contribution in [3.05, 3.63) is 84.4 Å². The van der Waals surface area contributed by atoms with E-state index in [2.05, 4.69) is 53.1 Å². The van der Waals surface area contributed by atoms with Crippen molar-refractivity contribution in [3.8, 4) is 11.4 Å². The number of aryl methyl sites for hydroxylation is 2. The molecule has 3 nitrogen and oxygen atoms in total. The summed E-state index contributed by atoms with van der Waals surface area (Å²) in [4.78, 5) is 4.84. The van der Waals surface area contributed by atoms with Gasteiger partial charge in [0.1, 0.15) is 5.82 Å². The highest BCUT2D eigenvalue weighted by atomic mass is 15.1. The lowest BCUT2D eigenvalue weighted by molar-refractivity contribution is 0.723. The number of fused-ring (bicyclic) bond motifs is 1. The quantitative estimate of drug-likeness (QED) is 0.563. The van der Waals surface area contributed by atoms with E-state index < -0.39 is 0 Å². The van der Waals surface area contributed by atoms with Gasteiger partial charge in [0, 0.05) is 17.8 Å². The van der Waals surface area contributed by atoms with Crippen molar-refractivity contribution in [2.45, 2.75) is 13.0 Å². The average Bonchev–Trinajstić information content (AvgIpc) is 2.99. The molecule has 1 heterocycles. The zero-order chi connectivity index (χ0) is 16.4. The van der Waals surface area contributed by atoms with Crippen LogP contribution in [0.3, 0.4) is 0 Å². The summed E-state index contributed by atoms with van der Waals surface area (Å²) >= 11 is 0. The van der Waals surface area contributed by atoms with Crippen LogP contribution in [0.1, 0.15) is 5.56 Å². The molecule has 0 radical (unpaired) electrons. The molecule has 24 heavy (non-hydrogen) atoms. The van der Waals surface area contributed by atoms with Crippen molar-refractivity contribution in [2.75, 3.05) is 5.73 Å². The minimum Gasteiger partial charge on any atom is -0.399 e. The molecule has 1 aromatic heterocycles. The second-order valence-corrected chi connectivity index (χ2v) is 5.94. The largest absolute Gasteiger partial charge is 0.399 e. The SMILES string of the molecule is Nc1cccc(-c2nc3ccccc3n2CCc2ccccc2)c1. The number of imidazole rings is 1. The van der Waals surface area contributed by atoms with E-state index in [-0.39, 0.29) is 0 Å². The highest BCUT2D eigenvalue weighted by Crippen LogP contribution is 2.26. The van der Waals surface area contributed by atoms with E-state index in [1.807, 2.05) is 30.3 Å². The highest BCUT2D eigenvalue weighted by Gasteiger charge is 2.12. The predicted molar refractivity (Wildman–Crippen MR) is 99.7 cm³/mol. The lowest BCUT2D eigenvalue weighted by Crippen LogP contribution is -2.04. The van der Waals surface area contributed by atoms with E-state index in [0.29, 0.717) is 0 Å². The van der Waals surface area contributed by atoms with Crippen LogP contribution in [0, 0.1) is 0 Å². The Hall–Kier alpha value is -3.07. The maximum absolute atomic E-state index is 5.97. The van der Waals surface area contributed by atoms with Gasteiger partial charge in [-0.25, -0.2) is 4.98 Å². The smallest absolute Gasteiger partial charge is 0.141 e. The van der Waals surface area contributed by atoms with Gasteiger partial charge >= 0.3 is 0 Å². The lowest BCUT2D eigenvalue weighted by atomic mass is 10.1. The fraction of sp³-hybridized carbons (Fsp3) is 0.0952. The molecule has 3 aromatic carbocycles. The Morgan fingerprint density at radius 2 is 1.62 bits per heavy atom. The van der Waals surface area contributed by atoms with Gasteiger partial charge in [-0.1, -0.05) is 54.6 Å². The lowest BCUT2D eigenvalue weighted by Gasteiger charge is -2.10. The topological polar surface area (TPSA) is 43.8 Å². The van der Waals surface area contributed by atoms with Crippen molar-refractivity contribution in [1.29, 1.82) is 0 Å². The van der Waals surface area contributed by atoms with Crippen molar-refractivity contribution in [3.63, 3.8) is 0 Å². The van der Waals surface area contributed by atoms with E-state index in [9.17, 15) is 0 Å². The molecule has 0 saturated heterocycles. The number of benzene rings is 3. The molecule has 0 amide bonds. The first kappa shape index (κ1) is 14.5. The first-order valence-electron chi connectivity index (χ1n) is 8.16. The molecule has 0 aliphatic carbocycles. The Bertz CT molecular complexity index is 971. The Morgan fingerprint density at radius 3 is 2.46 bits per heavy atom. The number of nitrogen functional groups attached to an aromatic ring is 1. The fourth-order valence-electron chi connectivity index (χ4n) is 3.09. The number of anilines is 1. The van der Waals surface area contributed by atoms with Gasteiger partial charge in [-0.05, 0) is 36.2 Å². The number of nitrogens with zero attached hydrogens (tertiary/aromatic N) is 2. The van der Waals surface area contributed by atoms with Gasteiger partial charge in [0.15, 0.2) is 0 Å². The molecule has 0 fully saturated rings. The molecule has 4 aromatic rings. The molecule has 0 aliphatic heterocycles. The van der Waals surface area contributed by atoms with Crippen LogP contribution in [0.4, 0.5) is 5.69 Å². The molecule has 0 aliphatic rings. The van der Waals surface area contributed by atoms with Crippen LogP contribution in [0.5, 0.6) is 0 Å². The highest BCUT2D eigenvalue weighted by molar-refractivity contribution is 5.81. The summed E-state index contributed by atoms with van der Waals surface area (Å²) in [5.41, 5.74) is 11.3. The average molecular weight is 313 g/mol. The van der Waals surface area contributed by atoms with E-state index in [1.165, 1.54) is 5.56 Å². The summed E-state index contributed by atoms with van der Waals surface area (Å²) in [6, 6.07) is 26.8. The number of rotatable bonds is 4. The Balaban J connectivity index is 1.78. The number of aromatic nitrogens is 2. The number of hydrogen-bond donors (Lipinski definition) is 1. The van der Waals surface area contributed by atoms with Crippen LogP contribution in [-0.2, 0) is 13.0 Å². The second-order valence-electron chi connectivity index (χ2n) is 5.94. The van der Waals surface area contributed by atoms with E-state index in [4.69, 9.17) is 10.7 Å². The zero-order valence-corrected chi connectivity index (χ0v) is 13.4. The first-order valence-corrected chi connectivity index (χ1v) is 8.16. The van der Waals surface area contributed by atoms with Crippen molar-refractivity contribution < 1.29 is 0 Å². The third kappa shape index (κ3) is 2.76. The second kappa shape index (κ2) is 6.20. The normalized spacial score (nSPS) is 11.0. The third-order valence-corrected chi connectivity index (χ3v) is 4.27. The Kier molecular flexibility index (Phi) is 3.75. The van der Waals surface area contributed by atoms with Crippen molar-refractivity contribution in [2.24, 2.45) is 0 Å². The molecule has 2 N–H and O–H groups in total. The number of hydrogen-bond acceptors (Lipinski definition) is 2. The number of para-hydroxylation sites is 2. The minimum absolute atomic E-state index is 0.758. The predicted octanol–water partition coefficient (Wildman–Crippen LogP) is 4.53. The van der Waals surface area contributed by atoms with E-state index in [1.54, 1.807) is 0 Å². The van der Waals surface area contributed by atoms with Gasteiger partial charge in [-0.2, -0.15) is 0 Å². The van der Waals surface area contributed by atoms with Gasteiger partial charge in [0.25, 0.3) is 0 Å².